The van der Waals surface area contributed by atoms with Gasteiger partial charge in [-0.25, -0.2) is 15.0 Å². The summed E-state index contributed by atoms with van der Waals surface area (Å²) in [4.78, 5) is 24.2. The van der Waals surface area contributed by atoms with Crippen LogP contribution in [0.15, 0.2) is 37.2 Å². The van der Waals surface area contributed by atoms with E-state index in [0.29, 0.717) is 25.9 Å². The molecule has 0 fully saturated rings. The van der Waals surface area contributed by atoms with Crippen LogP contribution in [0.4, 0.5) is 5.69 Å². The summed E-state index contributed by atoms with van der Waals surface area (Å²) in [7, 11) is 0. The third-order valence-electron chi connectivity index (χ3n) is 2.53. The quantitative estimate of drug-likeness (QED) is 0.794. The van der Waals surface area contributed by atoms with Gasteiger partial charge in [0.25, 0.3) is 5.91 Å². The van der Waals surface area contributed by atoms with Gasteiger partial charge in [-0.15, -0.1) is 11.3 Å². The Bertz CT molecular complexity index is 770. The number of carbonyl (C=O) groups is 1. The lowest BCUT2D eigenvalue weighted by molar-refractivity contribution is 0.102. The molecule has 3 aromatic rings. The molecule has 3 aromatic heterocycles. The van der Waals surface area contributed by atoms with Crippen molar-refractivity contribution in [2.45, 2.75) is 0 Å². The van der Waals surface area contributed by atoms with Crippen LogP contribution in [0.3, 0.4) is 0 Å². The Morgan fingerprint density at radius 2 is 2.05 bits per heavy atom. The first-order valence-electron chi connectivity index (χ1n) is 5.70. The van der Waals surface area contributed by atoms with Crippen LogP contribution in [0, 0.1) is 0 Å². The molecular formula is C12H7Cl2N5OS. The molecule has 0 atom stereocenters. The minimum absolute atomic E-state index is 0.324. The number of imidazole rings is 1. The van der Waals surface area contributed by atoms with Gasteiger partial charge >= 0.3 is 0 Å². The van der Waals surface area contributed by atoms with Gasteiger partial charge in [0, 0.05) is 12.4 Å². The summed E-state index contributed by atoms with van der Waals surface area (Å²) < 4.78 is 2.45. The summed E-state index contributed by atoms with van der Waals surface area (Å²) in [6.45, 7) is 0. The van der Waals surface area contributed by atoms with Crippen molar-refractivity contribution in [2.75, 3.05) is 5.32 Å². The van der Waals surface area contributed by atoms with Crippen LogP contribution < -0.4 is 5.32 Å². The van der Waals surface area contributed by atoms with Gasteiger partial charge in [0.1, 0.15) is 10.7 Å². The Labute approximate surface area is 133 Å². The van der Waals surface area contributed by atoms with Gasteiger partial charge in [-0.05, 0) is 6.07 Å². The zero-order valence-corrected chi connectivity index (χ0v) is 12.7. The second kappa shape index (κ2) is 5.80. The maximum absolute atomic E-state index is 12.0. The molecular weight excluding hydrogens is 333 g/mol. The maximum Gasteiger partial charge on any atom is 0.258 e. The molecule has 0 radical (unpaired) electrons. The van der Waals surface area contributed by atoms with Crippen LogP contribution in [-0.2, 0) is 0 Å². The lowest BCUT2D eigenvalue weighted by Gasteiger charge is -2.04. The van der Waals surface area contributed by atoms with E-state index in [1.807, 2.05) is 0 Å². The number of amides is 1. The number of hydrogen-bond donors (Lipinski definition) is 1. The van der Waals surface area contributed by atoms with E-state index in [2.05, 4.69) is 20.3 Å². The predicted octanol–water partition coefficient (Wildman–Crippen LogP) is 3.28. The average molecular weight is 340 g/mol. The summed E-state index contributed by atoms with van der Waals surface area (Å²) in [5, 5.41) is 2.66. The van der Waals surface area contributed by atoms with Crippen molar-refractivity contribution in [1.82, 2.24) is 19.5 Å². The summed E-state index contributed by atoms with van der Waals surface area (Å²) >= 11 is 12.9. The number of halogens is 2. The number of anilines is 1. The largest absolute Gasteiger partial charge is 0.319 e. The van der Waals surface area contributed by atoms with Gasteiger partial charge in [-0.2, -0.15) is 0 Å². The smallest absolute Gasteiger partial charge is 0.258 e. The highest BCUT2D eigenvalue weighted by Gasteiger charge is 2.14. The number of carbonyl (C=O) groups excluding carboxylic acids is 1. The highest BCUT2D eigenvalue weighted by molar-refractivity contribution is 7.20. The molecule has 0 aliphatic heterocycles. The molecule has 0 saturated carbocycles. The van der Waals surface area contributed by atoms with Crippen LogP contribution in [0.25, 0.3) is 5.95 Å². The van der Waals surface area contributed by atoms with Crippen molar-refractivity contribution in [3.63, 3.8) is 0 Å². The number of hydrogen-bond acceptors (Lipinski definition) is 5. The number of nitrogens with one attached hydrogen (secondary N) is 1. The molecule has 0 spiro atoms. The molecule has 0 aromatic carbocycles. The van der Waals surface area contributed by atoms with E-state index in [1.54, 1.807) is 23.3 Å². The SMILES string of the molecule is O=C(Nc1cnc(-n2ccnc2)nc1)c1cc(Cl)sc1Cl. The van der Waals surface area contributed by atoms with Crippen LogP contribution in [0.2, 0.25) is 8.67 Å². The van der Waals surface area contributed by atoms with Gasteiger partial charge in [0.2, 0.25) is 5.95 Å². The average Bonchev–Trinajstić information content (AvgIpc) is 3.09. The highest BCUT2D eigenvalue weighted by Crippen LogP contribution is 2.31. The second-order valence-corrected chi connectivity index (χ2v) is 6.22. The van der Waals surface area contributed by atoms with Gasteiger partial charge in [0.15, 0.2) is 0 Å². The Balaban J connectivity index is 1.76. The minimum atomic E-state index is -0.359. The van der Waals surface area contributed by atoms with Gasteiger partial charge in [-0.1, -0.05) is 23.2 Å². The van der Waals surface area contributed by atoms with E-state index < -0.39 is 0 Å². The van der Waals surface area contributed by atoms with Gasteiger partial charge < -0.3 is 5.32 Å². The lowest BCUT2D eigenvalue weighted by Crippen LogP contribution is -2.12. The number of rotatable bonds is 3. The topological polar surface area (TPSA) is 72.7 Å². The van der Waals surface area contributed by atoms with E-state index in [-0.39, 0.29) is 5.91 Å². The van der Waals surface area contributed by atoms with E-state index in [4.69, 9.17) is 23.2 Å². The Morgan fingerprint density at radius 1 is 1.29 bits per heavy atom. The Morgan fingerprint density at radius 3 is 2.62 bits per heavy atom. The molecule has 1 amide bonds. The molecule has 106 valence electrons. The summed E-state index contributed by atoms with van der Waals surface area (Å²) in [5.74, 6) is 0.101. The standard InChI is InChI=1S/C12H7Cl2N5OS/c13-9-3-8(10(14)21-9)11(20)18-7-4-16-12(17-5-7)19-2-1-15-6-19/h1-6H,(H,18,20). The van der Waals surface area contributed by atoms with E-state index >= 15 is 0 Å². The monoisotopic (exact) mass is 339 g/mol. The number of aromatic nitrogens is 4. The molecule has 0 saturated heterocycles. The summed E-state index contributed by atoms with van der Waals surface area (Å²) in [6, 6.07) is 1.52. The lowest BCUT2D eigenvalue weighted by atomic mass is 10.3. The van der Waals surface area contributed by atoms with Crippen molar-refractivity contribution >= 4 is 46.1 Å². The fraction of sp³-hybridized carbons (Fsp3) is 0. The first-order valence-corrected chi connectivity index (χ1v) is 7.27. The van der Waals surface area contributed by atoms with E-state index in [9.17, 15) is 4.79 Å². The van der Waals surface area contributed by atoms with Crippen LogP contribution in [0.5, 0.6) is 0 Å². The molecule has 3 heterocycles. The molecule has 21 heavy (non-hydrogen) atoms. The van der Waals surface area contributed by atoms with Crippen molar-refractivity contribution in [3.05, 3.63) is 51.4 Å². The second-order valence-electron chi connectivity index (χ2n) is 3.93. The zero-order chi connectivity index (χ0) is 14.8. The minimum Gasteiger partial charge on any atom is -0.319 e. The third kappa shape index (κ3) is 3.05. The Kier molecular flexibility index (Phi) is 3.87. The molecule has 9 heteroatoms. The summed E-state index contributed by atoms with van der Waals surface area (Å²) in [6.07, 6.45) is 7.94. The fourth-order valence-corrected chi connectivity index (χ4v) is 3.05. The Hall–Kier alpha value is -1.96. The maximum atomic E-state index is 12.0. The molecule has 6 nitrogen and oxygen atoms in total. The first-order chi connectivity index (χ1) is 10.1. The molecule has 0 unspecified atom stereocenters. The van der Waals surface area contributed by atoms with Crippen molar-refractivity contribution in [1.29, 1.82) is 0 Å². The van der Waals surface area contributed by atoms with E-state index in [0.717, 1.165) is 11.3 Å². The first kappa shape index (κ1) is 14.0. The summed E-state index contributed by atoms with van der Waals surface area (Å²) in [5.41, 5.74) is 0.785. The fourth-order valence-electron chi connectivity index (χ4n) is 1.59. The van der Waals surface area contributed by atoms with Crippen LogP contribution in [-0.4, -0.2) is 25.4 Å². The van der Waals surface area contributed by atoms with Gasteiger partial charge in [-0.3, -0.25) is 9.36 Å². The highest BCUT2D eigenvalue weighted by atomic mass is 35.5. The molecule has 3 rings (SSSR count). The van der Waals surface area contributed by atoms with Gasteiger partial charge in [0.05, 0.1) is 28.0 Å². The third-order valence-corrected chi connectivity index (χ3v) is 4.02. The number of thiophene rings is 1. The molecule has 0 bridgehead atoms. The van der Waals surface area contributed by atoms with Crippen LogP contribution in [0.1, 0.15) is 10.4 Å². The van der Waals surface area contributed by atoms with Crippen molar-refractivity contribution < 1.29 is 4.79 Å². The van der Waals surface area contributed by atoms with E-state index in [1.165, 1.54) is 18.5 Å². The zero-order valence-electron chi connectivity index (χ0n) is 10.3. The predicted molar refractivity (Wildman–Crippen MR) is 81.4 cm³/mol. The molecule has 0 aliphatic rings. The molecule has 1 N–H and O–H groups in total. The van der Waals surface area contributed by atoms with Crippen molar-refractivity contribution in [2.24, 2.45) is 0 Å². The van der Waals surface area contributed by atoms with Crippen LogP contribution >= 0.6 is 34.5 Å². The van der Waals surface area contributed by atoms with Crippen molar-refractivity contribution in [3.8, 4) is 5.95 Å². The normalized spacial score (nSPS) is 10.6. The number of nitrogens with zero attached hydrogens (tertiary/aromatic N) is 4. The molecule has 0 aliphatic carbocycles.